The smallest absolute Gasteiger partial charge is 0.262 e. The molecule has 2 aromatic rings. The molecule has 1 aromatic carbocycles. The van der Waals surface area contributed by atoms with Crippen molar-refractivity contribution in [2.45, 2.75) is 18.4 Å². The molecule has 0 saturated carbocycles. The molecule has 1 aromatic heterocycles. The van der Waals surface area contributed by atoms with Gasteiger partial charge in [0.05, 0.1) is 15.6 Å². The van der Waals surface area contributed by atoms with Gasteiger partial charge in [0.1, 0.15) is 17.0 Å². The normalized spacial score (nSPS) is 11.5. The molecule has 124 valence electrons. The summed E-state index contributed by atoms with van der Waals surface area (Å²) in [4.78, 5) is 11.7. The molecule has 0 aliphatic rings. The molecule has 23 heavy (non-hydrogen) atoms. The van der Waals surface area contributed by atoms with Crippen LogP contribution in [0.15, 0.2) is 17.3 Å². The second-order valence-corrected chi connectivity index (χ2v) is 7.26. The second-order valence-electron chi connectivity index (χ2n) is 4.53. The third kappa shape index (κ3) is 3.46. The van der Waals surface area contributed by atoms with Crippen LogP contribution < -0.4 is 5.32 Å². The largest absolute Gasteiger partial charge is 0.300 e. The summed E-state index contributed by atoms with van der Waals surface area (Å²) in [5.74, 6) is -1.94. The van der Waals surface area contributed by atoms with Crippen LogP contribution in [0, 0.1) is 5.82 Å². The Morgan fingerprint density at radius 3 is 2.65 bits per heavy atom. The predicted octanol–water partition coefficient (Wildman–Crippen LogP) is 2.40. The topological polar surface area (TPSA) is 93.9 Å². The van der Waals surface area contributed by atoms with Crippen LogP contribution in [-0.4, -0.2) is 35.3 Å². The highest BCUT2D eigenvalue weighted by Gasteiger charge is 2.27. The molecule has 0 saturated heterocycles. The monoisotopic (exact) mass is 380 g/mol. The van der Waals surface area contributed by atoms with Crippen LogP contribution in [0.2, 0.25) is 10.0 Å². The van der Waals surface area contributed by atoms with Gasteiger partial charge in [0.2, 0.25) is 5.95 Å². The number of nitrogens with one attached hydrogen (secondary N) is 1. The lowest BCUT2D eigenvalue weighted by Crippen LogP contribution is -2.19. The number of benzene rings is 1. The van der Waals surface area contributed by atoms with E-state index in [1.807, 2.05) is 0 Å². The Morgan fingerprint density at radius 2 is 2.09 bits per heavy atom. The maximum atomic E-state index is 14.1. The summed E-state index contributed by atoms with van der Waals surface area (Å²) in [5, 5.41) is 8.62. The molecule has 0 fully saturated rings. The number of hydrogen-bond acceptors (Lipinski definition) is 5. The molecule has 0 bridgehead atoms. The number of carbonyl (C=O) groups is 1. The van der Waals surface area contributed by atoms with Crippen molar-refractivity contribution in [3.8, 4) is 0 Å². The quantitative estimate of drug-likeness (QED) is 0.821. The van der Waals surface area contributed by atoms with E-state index in [0.717, 1.165) is 12.3 Å². The summed E-state index contributed by atoms with van der Waals surface area (Å²) in [6.45, 7) is 2.25. The van der Waals surface area contributed by atoms with Gasteiger partial charge in [0.15, 0.2) is 9.84 Å². The Kier molecular flexibility index (Phi) is 4.92. The SMILES string of the molecule is CCn1cnnc1NC(=O)c1c(F)cc(Cl)c(S(C)(=O)=O)c1Cl. The van der Waals surface area contributed by atoms with E-state index in [1.54, 1.807) is 6.92 Å². The average molecular weight is 381 g/mol. The number of aryl methyl sites for hydroxylation is 1. The minimum absolute atomic E-state index is 0.0730. The molecular weight excluding hydrogens is 370 g/mol. The lowest BCUT2D eigenvalue weighted by atomic mass is 10.2. The highest BCUT2D eigenvalue weighted by Crippen LogP contribution is 2.34. The molecule has 0 aliphatic carbocycles. The second kappa shape index (κ2) is 6.42. The van der Waals surface area contributed by atoms with E-state index in [4.69, 9.17) is 23.2 Å². The predicted molar refractivity (Wildman–Crippen MR) is 83.2 cm³/mol. The summed E-state index contributed by atoms with van der Waals surface area (Å²) >= 11 is 11.6. The Hall–Kier alpha value is -1.71. The van der Waals surface area contributed by atoms with E-state index >= 15 is 0 Å². The Morgan fingerprint density at radius 1 is 1.43 bits per heavy atom. The first-order chi connectivity index (χ1) is 10.7. The maximum absolute atomic E-state index is 14.1. The fraction of sp³-hybridized carbons (Fsp3) is 0.250. The lowest BCUT2D eigenvalue weighted by Gasteiger charge is -2.12. The van der Waals surface area contributed by atoms with Crippen molar-refractivity contribution >= 4 is 44.9 Å². The highest BCUT2D eigenvalue weighted by molar-refractivity contribution is 7.91. The third-order valence-corrected chi connectivity index (χ3v) is 4.97. The Labute approximate surface area is 141 Å². The fourth-order valence-corrected chi connectivity index (χ4v) is 4.07. The number of halogens is 3. The van der Waals surface area contributed by atoms with Gasteiger partial charge in [-0.05, 0) is 13.0 Å². The first-order valence-electron chi connectivity index (χ1n) is 6.23. The summed E-state index contributed by atoms with van der Waals surface area (Å²) in [6, 6.07) is 0.725. The molecule has 0 aliphatic heterocycles. The summed E-state index contributed by atoms with van der Waals surface area (Å²) in [5.41, 5.74) is -0.637. The molecule has 0 unspecified atom stereocenters. The minimum Gasteiger partial charge on any atom is -0.300 e. The molecule has 1 N–H and O–H groups in total. The summed E-state index contributed by atoms with van der Waals surface area (Å²) < 4.78 is 39.0. The zero-order valence-electron chi connectivity index (χ0n) is 12.0. The van der Waals surface area contributed by atoms with Gasteiger partial charge in [0, 0.05) is 12.8 Å². The van der Waals surface area contributed by atoms with E-state index < -0.39 is 42.1 Å². The highest BCUT2D eigenvalue weighted by atomic mass is 35.5. The number of nitrogens with zero attached hydrogens (tertiary/aromatic N) is 3. The third-order valence-electron chi connectivity index (χ3n) is 2.91. The number of anilines is 1. The Bertz CT molecular complexity index is 883. The molecule has 7 nitrogen and oxygen atoms in total. The van der Waals surface area contributed by atoms with E-state index in [0.29, 0.717) is 6.54 Å². The van der Waals surface area contributed by atoms with Gasteiger partial charge < -0.3 is 0 Å². The van der Waals surface area contributed by atoms with E-state index in [2.05, 4.69) is 15.5 Å². The molecule has 2 rings (SSSR count). The summed E-state index contributed by atoms with van der Waals surface area (Å²) in [7, 11) is -3.86. The van der Waals surface area contributed by atoms with Crippen LogP contribution in [0.25, 0.3) is 0 Å². The fourth-order valence-electron chi connectivity index (χ4n) is 1.87. The average Bonchev–Trinajstić information content (AvgIpc) is 2.83. The molecular formula is C12H11Cl2FN4O3S. The van der Waals surface area contributed by atoms with Gasteiger partial charge in [-0.15, -0.1) is 10.2 Å². The maximum Gasteiger partial charge on any atom is 0.262 e. The van der Waals surface area contributed by atoms with Gasteiger partial charge in [-0.1, -0.05) is 23.2 Å². The van der Waals surface area contributed by atoms with Gasteiger partial charge in [0.25, 0.3) is 5.91 Å². The first kappa shape index (κ1) is 17.6. The number of sulfone groups is 1. The standard InChI is InChI=1S/C12H11Cl2FN4O3S/c1-3-19-5-16-18-12(19)17-11(20)8-7(15)4-6(13)10(9(8)14)23(2,21)22/h4-5H,3H2,1-2H3,(H,17,18,20). The first-order valence-corrected chi connectivity index (χ1v) is 8.88. The van der Waals surface area contributed by atoms with Crippen LogP contribution in [0.4, 0.5) is 10.3 Å². The molecule has 0 radical (unpaired) electrons. The summed E-state index contributed by atoms with van der Waals surface area (Å²) in [6.07, 6.45) is 2.23. The molecule has 11 heteroatoms. The lowest BCUT2D eigenvalue weighted by molar-refractivity contribution is 0.102. The van der Waals surface area contributed by atoms with Gasteiger partial charge in [-0.25, -0.2) is 12.8 Å². The van der Waals surface area contributed by atoms with Crippen molar-refractivity contribution in [1.29, 1.82) is 0 Å². The molecule has 0 atom stereocenters. The van der Waals surface area contributed by atoms with Crippen molar-refractivity contribution < 1.29 is 17.6 Å². The number of hydrogen-bond donors (Lipinski definition) is 1. The molecule has 0 spiro atoms. The number of rotatable bonds is 4. The van der Waals surface area contributed by atoms with Crippen LogP contribution in [-0.2, 0) is 16.4 Å². The minimum atomic E-state index is -3.86. The Balaban J connectivity index is 2.53. The van der Waals surface area contributed by atoms with Crippen molar-refractivity contribution in [3.63, 3.8) is 0 Å². The molecule has 1 amide bonds. The number of amides is 1. The van der Waals surface area contributed by atoms with Crippen LogP contribution in [0.5, 0.6) is 0 Å². The van der Waals surface area contributed by atoms with Gasteiger partial charge >= 0.3 is 0 Å². The number of carbonyl (C=O) groups excluding carboxylic acids is 1. The van der Waals surface area contributed by atoms with Crippen LogP contribution in [0.1, 0.15) is 17.3 Å². The van der Waals surface area contributed by atoms with Crippen molar-refractivity contribution in [2.24, 2.45) is 0 Å². The van der Waals surface area contributed by atoms with Gasteiger partial charge in [-0.3, -0.25) is 14.7 Å². The van der Waals surface area contributed by atoms with Crippen molar-refractivity contribution in [1.82, 2.24) is 14.8 Å². The molecule has 1 heterocycles. The van der Waals surface area contributed by atoms with E-state index in [-0.39, 0.29) is 5.95 Å². The van der Waals surface area contributed by atoms with E-state index in [9.17, 15) is 17.6 Å². The van der Waals surface area contributed by atoms with Gasteiger partial charge in [-0.2, -0.15) is 0 Å². The number of aromatic nitrogens is 3. The zero-order valence-corrected chi connectivity index (χ0v) is 14.3. The van der Waals surface area contributed by atoms with E-state index in [1.165, 1.54) is 10.9 Å². The zero-order chi connectivity index (χ0) is 17.4. The van der Waals surface area contributed by atoms with Crippen LogP contribution in [0.3, 0.4) is 0 Å². The van der Waals surface area contributed by atoms with Crippen molar-refractivity contribution in [2.75, 3.05) is 11.6 Å². The van der Waals surface area contributed by atoms with Crippen LogP contribution >= 0.6 is 23.2 Å². The van der Waals surface area contributed by atoms with Crippen molar-refractivity contribution in [3.05, 3.63) is 33.8 Å².